The normalized spacial score (nSPS) is 33.2. The number of anilines is 1. The summed E-state index contributed by atoms with van der Waals surface area (Å²) < 4.78 is 29.4. The fraction of sp³-hybridized carbons (Fsp3) is 0.522. The molecule has 1 unspecified atom stereocenters. The largest absolute Gasteiger partial charge is 0.508 e. The minimum Gasteiger partial charge on any atom is -0.453 e. The number of carbonyl (C=O) groups excluding carboxylic acids is 3. The molecule has 2 aromatic rings. The Morgan fingerprint density at radius 2 is 2.00 bits per heavy atom. The lowest BCUT2D eigenvalue weighted by Gasteiger charge is -2.33. The molecule has 2 aliphatic heterocycles. The van der Waals surface area contributed by atoms with E-state index >= 15 is 0 Å². The summed E-state index contributed by atoms with van der Waals surface area (Å²) in [6.45, 7) is -0.148. The molecule has 1 spiro atoms. The fourth-order valence-electron chi connectivity index (χ4n) is 5.01. The number of nitrogen functional groups attached to an aromatic ring is 1. The van der Waals surface area contributed by atoms with Gasteiger partial charge in [0.1, 0.15) is 30.6 Å². The van der Waals surface area contributed by atoms with Crippen molar-refractivity contribution in [1.29, 1.82) is 10.5 Å². The summed E-state index contributed by atoms with van der Waals surface area (Å²) in [5, 5.41) is 23.7. The molecule has 2 aliphatic carbocycles. The third-order valence-electron chi connectivity index (χ3n) is 7.26. The Balaban J connectivity index is 1.37. The number of aromatic nitrogens is 3. The summed E-state index contributed by atoms with van der Waals surface area (Å²) in [6, 6.07) is 7.26. The zero-order chi connectivity index (χ0) is 26.0. The second-order valence-electron chi connectivity index (χ2n) is 9.57. The molecule has 2 N–H and O–H groups in total. The van der Waals surface area contributed by atoms with Crippen molar-refractivity contribution in [2.24, 2.45) is 5.41 Å². The van der Waals surface area contributed by atoms with Crippen LogP contribution >= 0.6 is 0 Å². The first-order valence-corrected chi connectivity index (χ1v) is 11.6. The lowest BCUT2D eigenvalue weighted by molar-refractivity contribution is -0.183. The first-order valence-electron chi connectivity index (χ1n) is 11.6. The molecule has 14 nitrogen and oxygen atoms in total. The average Bonchev–Trinajstić information content (AvgIpc) is 3.66. The van der Waals surface area contributed by atoms with Crippen molar-refractivity contribution < 1.29 is 38.1 Å². The van der Waals surface area contributed by atoms with E-state index in [1.54, 1.807) is 6.07 Å². The molecule has 37 heavy (non-hydrogen) atoms. The standard InChI is InChI=1S/C23H20N6O8/c24-8-21(6-7-21)10-33-20(32)35-16-17-23(16)19(34-14(30)2-1-3-15(31)36-23)22(9-25,37-17)13-5-4-12-18(26)27-11-28-29(12)13/h4-5,11,16-17,19H,1-3,6-7,10H2,(H2,26,27,28)/t16?,17-,19+,22+,23-/m1/s1. The SMILES string of the molecule is N#CC1(COC(=O)OC2[C@H]3O[C@@](C#N)(c4ccc5c(N)ncnn45)[C@@H]4OC(=O)CCCC(=O)O[C@]234)CC1. The molecule has 2 aromatic heterocycles. The maximum atomic E-state index is 12.7. The molecular formula is C23H20N6O8. The maximum absolute atomic E-state index is 12.7. The summed E-state index contributed by atoms with van der Waals surface area (Å²) in [5.41, 5.74) is 1.97. The first-order chi connectivity index (χ1) is 17.8. The predicted molar refractivity (Wildman–Crippen MR) is 116 cm³/mol. The van der Waals surface area contributed by atoms with Crippen molar-refractivity contribution in [3.05, 3.63) is 24.2 Å². The van der Waals surface area contributed by atoms with Crippen molar-refractivity contribution >= 4 is 29.4 Å². The van der Waals surface area contributed by atoms with Gasteiger partial charge in [-0.25, -0.2) is 14.3 Å². The molecule has 2 saturated heterocycles. The van der Waals surface area contributed by atoms with Gasteiger partial charge in [0.25, 0.3) is 0 Å². The Bertz CT molecular complexity index is 1420. The third kappa shape index (κ3) is 3.29. The number of carbonyl (C=O) groups is 3. The van der Waals surface area contributed by atoms with Gasteiger partial charge in [-0.15, -0.1) is 0 Å². The summed E-state index contributed by atoms with van der Waals surface area (Å²) in [7, 11) is 0. The van der Waals surface area contributed by atoms with Crippen LogP contribution in [0.1, 0.15) is 37.8 Å². The van der Waals surface area contributed by atoms with E-state index < -0.39 is 53.0 Å². The Labute approximate surface area is 208 Å². The zero-order valence-corrected chi connectivity index (χ0v) is 19.3. The van der Waals surface area contributed by atoms with Crippen LogP contribution in [0.4, 0.5) is 10.6 Å². The van der Waals surface area contributed by atoms with Gasteiger partial charge in [-0.1, -0.05) is 0 Å². The van der Waals surface area contributed by atoms with E-state index in [9.17, 15) is 24.9 Å². The van der Waals surface area contributed by atoms with Gasteiger partial charge >= 0.3 is 18.1 Å². The van der Waals surface area contributed by atoms with Crippen molar-refractivity contribution in [1.82, 2.24) is 14.6 Å². The van der Waals surface area contributed by atoms with Gasteiger partial charge in [-0.3, -0.25) is 9.59 Å². The molecule has 4 heterocycles. The number of hydrogen-bond donors (Lipinski definition) is 1. The first kappa shape index (κ1) is 23.0. The highest BCUT2D eigenvalue weighted by Gasteiger charge is 2.89. The number of fused-ring (bicyclic) bond motifs is 1. The van der Waals surface area contributed by atoms with E-state index in [1.165, 1.54) is 16.9 Å². The monoisotopic (exact) mass is 508 g/mol. The molecule has 5 atom stereocenters. The maximum Gasteiger partial charge on any atom is 0.508 e. The molecule has 2 saturated carbocycles. The predicted octanol–water partition coefficient (Wildman–Crippen LogP) is 0.646. The Hall–Kier alpha value is -4.43. The third-order valence-corrected chi connectivity index (χ3v) is 7.26. The number of rotatable bonds is 4. The summed E-state index contributed by atoms with van der Waals surface area (Å²) in [5.74, 6) is -1.21. The van der Waals surface area contributed by atoms with Crippen molar-refractivity contribution in [3.63, 3.8) is 0 Å². The minimum atomic E-state index is -1.99. The summed E-state index contributed by atoms with van der Waals surface area (Å²) in [4.78, 5) is 41.8. The highest BCUT2D eigenvalue weighted by Crippen LogP contribution is 2.63. The van der Waals surface area contributed by atoms with Gasteiger partial charge in [0.15, 0.2) is 18.0 Å². The molecule has 4 fully saturated rings. The highest BCUT2D eigenvalue weighted by molar-refractivity contribution is 5.76. The number of nitrogens with two attached hydrogens (primary N) is 1. The zero-order valence-electron chi connectivity index (χ0n) is 19.3. The van der Waals surface area contributed by atoms with E-state index in [-0.39, 0.29) is 37.4 Å². The van der Waals surface area contributed by atoms with Gasteiger partial charge in [0.05, 0.1) is 17.2 Å². The minimum absolute atomic E-state index is 0.0878. The van der Waals surface area contributed by atoms with Crippen LogP contribution in [0.3, 0.4) is 0 Å². The van der Waals surface area contributed by atoms with Crippen LogP contribution in [0, 0.1) is 28.1 Å². The van der Waals surface area contributed by atoms with Gasteiger partial charge < -0.3 is 29.4 Å². The van der Waals surface area contributed by atoms with Gasteiger partial charge in [0.2, 0.25) is 11.2 Å². The number of nitriles is 2. The highest BCUT2D eigenvalue weighted by atomic mass is 16.8. The number of esters is 2. The molecule has 0 amide bonds. The van der Waals surface area contributed by atoms with Crippen LogP contribution in [0.5, 0.6) is 0 Å². The van der Waals surface area contributed by atoms with Crippen molar-refractivity contribution in [2.45, 2.75) is 61.6 Å². The number of hydrogen-bond acceptors (Lipinski definition) is 13. The number of ether oxygens (including phenoxy) is 5. The smallest absolute Gasteiger partial charge is 0.453 e. The van der Waals surface area contributed by atoms with Crippen LogP contribution in [-0.4, -0.2) is 63.2 Å². The van der Waals surface area contributed by atoms with Crippen LogP contribution in [-0.2, 0) is 38.9 Å². The molecule has 4 aliphatic rings. The lowest BCUT2D eigenvalue weighted by Crippen LogP contribution is -2.51. The van der Waals surface area contributed by atoms with Crippen LogP contribution in [0.2, 0.25) is 0 Å². The van der Waals surface area contributed by atoms with Gasteiger partial charge in [-0.2, -0.15) is 15.6 Å². The van der Waals surface area contributed by atoms with E-state index in [4.69, 9.17) is 29.4 Å². The van der Waals surface area contributed by atoms with E-state index in [1.807, 2.05) is 0 Å². The molecule has 14 heteroatoms. The van der Waals surface area contributed by atoms with Gasteiger partial charge in [0, 0.05) is 12.8 Å². The Morgan fingerprint density at radius 3 is 2.73 bits per heavy atom. The van der Waals surface area contributed by atoms with E-state index in [0.29, 0.717) is 18.4 Å². The second kappa shape index (κ2) is 7.78. The molecule has 0 aromatic carbocycles. The van der Waals surface area contributed by atoms with Gasteiger partial charge in [-0.05, 0) is 31.4 Å². The van der Waals surface area contributed by atoms with Crippen LogP contribution < -0.4 is 5.73 Å². The van der Waals surface area contributed by atoms with E-state index in [2.05, 4.69) is 22.2 Å². The molecule has 0 radical (unpaired) electrons. The lowest BCUT2D eigenvalue weighted by atomic mass is 9.90. The van der Waals surface area contributed by atoms with Crippen molar-refractivity contribution in [2.75, 3.05) is 12.3 Å². The van der Waals surface area contributed by atoms with Crippen LogP contribution in [0.25, 0.3) is 5.52 Å². The Morgan fingerprint density at radius 1 is 1.22 bits per heavy atom. The van der Waals surface area contributed by atoms with Crippen molar-refractivity contribution in [3.8, 4) is 12.1 Å². The molecule has 0 bridgehead atoms. The molecule has 6 rings (SSSR count). The quantitative estimate of drug-likeness (QED) is 0.446. The molecule has 190 valence electrons. The number of nitrogens with zero attached hydrogens (tertiary/aromatic N) is 5. The molecular weight excluding hydrogens is 488 g/mol. The topological polar surface area (TPSA) is 201 Å². The summed E-state index contributed by atoms with van der Waals surface area (Å²) >= 11 is 0. The summed E-state index contributed by atoms with van der Waals surface area (Å²) in [6.07, 6.45) is -2.58. The van der Waals surface area contributed by atoms with E-state index in [0.717, 1.165) is 0 Å². The average molecular weight is 508 g/mol. The second-order valence-corrected chi connectivity index (χ2v) is 9.57. The Kier molecular flexibility index (Phi) is 4.84. The fourth-order valence-corrected chi connectivity index (χ4v) is 5.01. The van der Waals surface area contributed by atoms with Crippen LogP contribution in [0.15, 0.2) is 18.5 Å².